The molecule has 0 saturated carbocycles. The highest BCUT2D eigenvalue weighted by molar-refractivity contribution is 5.47. The number of aryl methyl sites for hydroxylation is 1. The van der Waals surface area contributed by atoms with Crippen LogP contribution in [0.15, 0.2) is 54.6 Å². The summed E-state index contributed by atoms with van der Waals surface area (Å²) in [7, 11) is 0. The highest BCUT2D eigenvalue weighted by Gasteiger charge is 2.22. The van der Waals surface area contributed by atoms with Crippen molar-refractivity contribution in [1.29, 1.82) is 0 Å². The van der Waals surface area contributed by atoms with Crippen molar-refractivity contribution in [2.45, 2.75) is 25.8 Å². The van der Waals surface area contributed by atoms with Crippen molar-refractivity contribution in [2.24, 2.45) is 5.73 Å². The first-order valence-electron chi connectivity index (χ1n) is 6.70. The van der Waals surface area contributed by atoms with Crippen LogP contribution in [0.4, 0.5) is 5.69 Å². The third-order valence-corrected chi connectivity index (χ3v) is 3.39. The Balaban J connectivity index is 2.11. The van der Waals surface area contributed by atoms with Crippen molar-refractivity contribution in [3.63, 3.8) is 0 Å². The Morgan fingerprint density at radius 2 is 1.63 bits per heavy atom. The van der Waals surface area contributed by atoms with E-state index in [-0.39, 0.29) is 5.54 Å². The molecule has 0 saturated heterocycles. The van der Waals surface area contributed by atoms with Crippen LogP contribution in [0.1, 0.15) is 18.1 Å². The van der Waals surface area contributed by atoms with Gasteiger partial charge in [-0.05, 0) is 38.0 Å². The lowest BCUT2D eigenvalue weighted by Gasteiger charge is -2.31. The van der Waals surface area contributed by atoms with Crippen LogP contribution in [0.5, 0.6) is 0 Å². The minimum Gasteiger partial charge on any atom is -0.378 e. The summed E-state index contributed by atoms with van der Waals surface area (Å²) in [6.45, 7) is 4.85. The standard InChI is InChI=1S/C17H22N2/c1-14-8-10-16(11-9-14)19-17(2,13-18)12-15-6-4-3-5-7-15/h3-11,19H,12-13,18H2,1-2H3. The number of anilines is 1. The molecule has 0 amide bonds. The smallest absolute Gasteiger partial charge is 0.0507 e. The molecule has 0 heterocycles. The number of benzene rings is 2. The number of hydrogen-bond donors (Lipinski definition) is 2. The Morgan fingerprint density at radius 1 is 1.00 bits per heavy atom. The van der Waals surface area contributed by atoms with Gasteiger partial charge in [-0.25, -0.2) is 0 Å². The van der Waals surface area contributed by atoms with Gasteiger partial charge in [-0.3, -0.25) is 0 Å². The Bertz CT molecular complexity index is 505. The summed E-state index contributed by atoms with van der Waals surface area (Å²) in [6.07, 6.45) is 0.915. The average molecular weight is 254 g/mol. The van der Waals surface area contributed by atoms with E-state index in [9.17, 15) is 0 Å². The molecule has 1 atom stereocenters. The number of hydrogen-bond acceptors (Lipinski definition) is 2. The van der Waals surface area contributed by atoms with E-state index in [0.29, 0.717) is 6.54 Å². The first-order chi connectivity index (χ1) is 9.11. The topological polar surface area (TPSA) is 38.0 Å². The summed E-state index contributed by atoms with van der Waals surface area (Å²) in [5.41, 5.74) is 9.53. The summed E-state index contributed by atoms with van der Waals surface area (Å²) < 4.78 is 0. The highest BCUT2D eigenvalue weighted by Crippen LogP contribution is 2.19. The molecular formula is C17H22N2. The van der Waals surface area contributed by atoms with Gasteiger partial charge in [0.15, 0.2) is 0 Å². The molecule has 2 rings (SSSR count). The maximum absolute atomic E-state index is 5.97. The average Bonchev–Trinajstić information content (AvgIpc) is 2.42. The first kappa shape index (κ1) is 13.6. The van der Waals surface area contributed by atoms with E-state index >= 15 is 0 Å². The Kier molecular flexibility index (Phi) is 4.23. The van der Waals surface area contributed by atoms with Crippen LogP contribution in [-0.4, -0.2) is 12.1 Å². The maximum atomic E-state index is 5.97. The zero-order chi connectivity index (χ0) is 13.7. The molecule has 0 aromatic heterocycles. The third-order valence-electron chi connectivity index (χ3n) is 3.39. The number of nitrogens with two attached hydrogens (primary N) is 1. The lowest BCUT2D eigenvalue weighted by Crippen LogP contribution is -2.44. The molecule has 2 aromatic carbocycles. The predicted molar refractivity (Wildman–Crippen MR) is 82.4 cm³/mol. The first-order valence-corrected chi connectivity index (χ1v) is 6.70. The molecule has 2 aromatic rings. The largest absolute Gasteiger partial charge is 0.378 e. The molecule has 2 heteroatoms. The number of nitrogens with one attached hydrogen (secondary N) is 1. The fourth-order valence-corrected chi connectivity index (χ4v) is 2.20. The zero-order valence-electron chi connectivity index (χ0n) is 11.7. The van der Waals surface area contributed by atoms with E-state index < -0.39 is 0 Å². The molecule has 19 heavy (non-hydrogen) atoms. The fourth-order valence-electron chi connectivity index (χ4n) is 2.20. The number of rotatable bonds is 5. The lowest BCUT2D eigenvalue weighted by atomic mass is 9.92. The van der Waals surface area contributed by atoms with Gasteiger partial charge in [-0.1, -0.05) is 48.0 Å². The molecule has 0 aliphatic heterocycles. The summed E-state index contributed by atoms with van der Waals surface area (Å²) in [5, 5.41) is 3.56. The third kappa shape index (κ3) is 3.83. The molecule has 0 fully saturated rings. The lowest BCUT2D eigenvalue weighted by molar-refractivity contribution is 0.521. The van der Waals surface area contributed by atoms with E-state index in [4.69, 9.17) is 5.73 Å². The Labute approximate surface area is 115 Å². The van der Waals surface area contributed by atoms with E-state index in [1.807, 2.05) is 6.07 Å². The Hall–Kier alpha value is -1.80. The maximum Gasteiger partial charge on any atom is 0.0507 e. The van der Waals surface area contributed by atoms with Gasteiger partial charge in [-0.15, -0.1) is 0 Å². The minimum atomic E-state index is -0.128. The van der Waals surface area contributed by atoms with E-state index in [1.165, 1.54) is 11.1 Å². The molecule has 0 spiro atoms. The van der Waals surface area contributed by atoms with Crippen LogP contribution in [0.3, 0.4) is 0 Å². The normalized spacial score (nSPS) is 13.8. The van der Waals surface area contributed by atoms with Gasteiger partial charge in [0, 0.05) is 12.2 Å². The Morgan fingerprint density at radius 3 is 2.21 bits per heavy atom. The van der Waals surface area contributed by atoms with Crippen LogP contribution < -0.4 is 11.1 Å². The second-order valence-electron chi connectivity index (χ2n) is 5.42. The highest BCUT2D eigenvalue weighted by atomic mass is 15.0. The molecule has 3 N–H and O–H groups in total. The molecule has 1 unspecified atom stereocenters. The zero-order valence-corrected chi connectivity index (χ0v) is 11.7. The molecule has 100 valence electrons. The second kappa shape index (κ2) is 5.89. The summed E-state index contributed by atoms with van der Waals surface area (Å²) >= 11 is 0. The molecule has 0 aliphatic rings. The van der Waals surface area contributed by atoms with Gasteiger partial charge in [0.2, 0.25) is 0 Å². The van der Waals surface area contributed by atoms with Crippen molar-refractivity contribution < 1.29 is 0 Å². The van der Waals surface area contributed by atoms with Crippen LogP contribution in [0, 0.1) is 6.92 Å². The van der Waals surface area contributed by atoms with Gasteiger partial charge < -0.3 is 11.1 Å². The SMILES string of the molecule is Cc1ccc(NC(C)(CN)Cc2ccccc2)cc1. The van der Waals surface area contributed by atoms with Crippen molar-refractivity contribution >= 4 is 5.69 Å². The molecule has 0 bridgehead atoms. The van der Waals surface area contributed by atoms with Gasteiger partial charge in [0.1, 0.15) is 0 Å². The monoisotopic (exact) mass is 254 g/mol. The van der Waals surface area contributed by atoms with Gasteiger partial charge in [0.25, 0.3) is 0 Å². The molecule has 0 aliphatic carbocycles. The molecule has 0 radical (unpaired) electrons. The second-order valence-corrected chi connectivity index (χ2v) is 5.42. The van der Waals surface area contributed by atoms with Gasteiger partial charge in [0.05, 0.1) is 5.54 Å². The summed E-state index contributed by atoms with van der Waals surface area (Å²) in [6, 6.07) is 18.9. The van der Waals surface area contributed by atoms with E-state index in [2.05, 4.69) is 67.7 Å². The van der Waals surface area contributed by atoms with E-state index in [0.717, 1.165) is 12.1 Å². The molecule has 2 nitrogen and oxygen atoms in total. The van der Waals surface area contributed by atoms with Crippen molar-refractivity contribution in [2.75, 3.05) is 11.9 Å². The summed E-state index contributed by atoms with van der Waals surface area (Å²) in [5.74, 6) is 0. The molecular weight excluding hydrogens is 232 g/mol. The van der Waals surface area contributed by atoms with Crippen LogP contribution in [-0.2, 0) is 6.42 Å². The van der Waals surface area contributed by atoms with Crippen molar-refractivity contribution in [1.82, 2.24) is 0 Å². The van der Waals surface area contributed by atoms with Crippen LogP contribution >= 0.6 is 0 Å². The van der Waals surface area contributed by atoms with Crippen LogP contribution in [0.25, 0.3) is 0 Å². The van der Waals surface area contributed by atoms with E-state index in [1.54, 1.807) is 0 Å². The minimum absolute atomic E-state index is 0.128. The van der Waals surface area contributed by atoms with Crippen LogP contribution in [0.2, 0.25) is 0 Å². The fraction of sp³-hybridized carbons (Fsp3) is 0.294. The predicted octanol–water partition coefficient (Wildman–Crippen LogP) is 3.37. The van der Waals surface area contributed by atoms with Gasteiger partial charge >= 0.3 is 0 Å². The quantitative estimate of drug-likeness (QED) is 0.858. The summed E-state index contributed by atoms with van der Waals surface area (Å²) in [4.78, 5) is 0. The van der Waals surface area contributed by atoms with Crippen molar-refractivity contribution in [3.05, 3.63) is 65.7 Å². The van der Waals surface area contributed by atoms with Gasteiger partial charge in [-0.2, -0.15) is 0 Å². The van der Waals surface area contributed by atoms with Crippen molar-refractivity contribution in [3.8, 4) is 0 Å².